The maximum absolute atomic E-state index is 5.41. The summed E-state index contributed by atoms with van der Waals surface area (Å²) in [6.07, 6.45) is 12.4. The molecule has 110 valence electrons. The molecule has 1 heteroatoms. The average molecular weight is 272 g/mol. The van der Waals surface area contributed by atoms with E-state index >= 15 is 0 Å². The predicted molar refractivity (Wildman–Crippen MR) is 79.9 cm³/mol. The van der Waals surface area contributed by atoms with Crippen LogP contribution in [0.2, 0.25) is 0 Å². The van der Waals surface area contributed by atoms with Crippen molar-refractivity contribution in [3.8, 4) is 0 Å². The monoisotopic (exact) mass is 272 g/mol. The molecule has 5 aliphatic rings. The van der Waals surface area contributed by atoms with Gasteiger partial charge >= 0.3 is 0 Å². The molecule has 0 aromatic rings. The predicted octanol–water partition coefficient (Wildman–Crippen LogP) is 4.49. The summed E-state index contributed by atoms with van der Waals surface area (Å²) in [5.41, 5.74) is 0. The van der Waals surface area contributed by atoms with Crippen LogP contribution in [0.5, 0.6) is 0 Å². The van der Waals surface area contributed by atoms with Gasteiger partial charge in [-0.3, -0.25) is 0 Å². The Hall–Kier alpha value is -0.460. The number of ether oxygens (including phenoxy) is 1. The van der Waals surface area contributed by atoms with Crippen molar-refractivity contribution in [2.24, 2.45) is 53.3 Å². The zero-order valence-corrected chi connectivity index (χ0v) is 12.5. The Morgan fingerprint density at radius 3 is 2.50 bits per heavy atom. The zero-order chi connectivity index (χ0) is 13.3. The van der Waals surface area contributed by atoms with E-state index in [0.717, 1.165) is 48.0 Å². The topological polar surface area (TPSA) is 9.23 Å². The van der Waals surface area contributed by atoms with Gasteiger partial charge in [0, 0.05) is 0 Å². The summed E-state index contributed by atoms with van der Waals surface area (Å²) in [6, 6.07) is 0. The van der Waals surface area contributed by atoms with Crippen molar-refractivity contribution < 1.29 is 4.74 Å². The first kappa shape index (κ1) is 12.1. The van der Waals surface area contributed by atoms with Crippen molar-refractivity contribution in [2.45, 2.75) is 44.9 Å². The Morgan fingerprint density at radius 1 is 0.900 bits per heavy atom. The van der Waals surface area contributed by atoms with E-state index in [1.165, 1.54) is 24.7 Å². The molecule has 0 N–H and O–H groups in total. The van der Waals surface area contributed by atoms with Gasteiger partial charge in [0.1, 0.15) is 0 Å². The molecular weight excluding hydrogens is 244 g/mol. The van der Waals surface area contributed by atoms with Gasteiger partial charge in [0.05, 0.1) is 12.9 Å². The van der Waals surface area contributed by atoms with Gasteiger partial charge in [0.15, 0.2) is 0 Å². The molecule has 0 amide bonds. The fourth-order valence-corrected chi connectivity index (χ4v) is 8.09. The van der Waals surface area contributed by atoms with E-state index in [9.17, 15) is 0 Å². The minimum absolute atomic E-state index is 0.912. The fourth-order valence-electron chi connectivity index (χ4n) is 8.09. The summed E-state index contributed by atoms with van der Waals surface area (Å²) in [7, 11) is 0. The molecule has 0 aromatic carbocycles. The lowest BCUT2D eigenvalue weighted by Gasteiger charge is -2.43. The molecule has 0 spiro atoms. The summed E-state index contributed by atoms with van der Waals surface area (Å²) in [4.78, 5) is 0. The number of hydrogen-bond acceptors (Lipinski definition) is 1. The molecule has 5 saturated carbocycles. The Bertz CT molecular complexity index is 416. The third kappa shape index (κ3) is 1.40. The smallest absolute Gasteiger partial charge is 0.0875 e. The van der Waals surface area contributed by atoms with Crippen LogP contribution in [0.4, 0.5) is 0 Å². The van der Waals surface area contributed by atoms with Crippen molar-refractivity contribution in [2.75, 3.05) is 6.61 Å². The number of fused-ring (bicyclic) bond motifs is 12. The van der Waals surface area contributed by atoms with Gasteiger partial charge in [-0.15, -0.1) is 0 Å². The molecule has 9 unspecified atom stereocenters. The van der Waals surface area contributed by atoms with Crippen LogP contribution in [0.3, 0.4) is 0 Å². The second-order valence-corrected chi connectivity index (χ2v) is 8.46. The van der Waals surface area contributed by atoms with Crippen molar-refractivity contribution in [1.29, 1.82) is 0 Å². The Kier molecular flexibility index (Phi) is 2.59. The van der Waals surface area contributed by atoms with Crippen molar-refractivity contribution >= 4 is 0 Å². The quantitative estimate of drug-likeness (QED) is 0.416. The van der Waals surface area contributed by atoms with Gasteiger partial charge in [0.2, 0.25) is 0 Å². The molecule has 4 bridgehead atoms. The lowest BCUT2D eigenvalue weighted by molar-refractivity contribution is 0.0389. The second kappa shape index (κ2) is 4.27. The second-order valence-electron chi connectivity index (χ2n) is 8.46. The SMILES string of the molecule is C=COCCC1CC2CC1C1C3CC(C4CCCC43)C21. The highest BCUT2D eigenvalue weighted by Gasteiger charge is 2.67. The van der Waals surface area contributed by atoms with E-state index in [4.69, 9.17) is 4.74 Å². The Balaban J connectivity index is 1.35. The van der Waals surface area contributed by atoms with E-state index < -0.39 is 0 Å². The minimum atomic E-state index is 0.912. The van der Waals surface area contributed by atoms with E-state index in [0.29, 0.717) is 0 Å². The molecule has 0 radical (unpaired) electrons. The van der Waals surface area contributed by atoms with E-state index in [2.05, 4.69) is 6.58 Å². The Labute approximate surface area is 123 Å². The van der Waals surface area contributed by atoms with Crippen LogP contribution in [-0.2, 0) is 4.74 Å². The average Bonchev–Trinajstić information content (AvgIpc) is 3.20. The molecule has 5 aliphatic carbocycles. The summed E-state index contributed by atoms with van der Waals surface area (Å²) >= 11 is 0. The third-order valence-corrected chi connectivity index (χ3v) is 8.25. The van der Waals surface area contributed by atoms with E-state index in [-0.39, 0.29) is 0 Å². The largest absolute Gasteiger partial charge is 0.502 e. The molecule has 0 saturated heterocycles. The number of rotatable bonds is 4. The summed E-state index contributed by atoms with van der Waals surface area (Å²) in [5.74, 6) is 10.1. The van der Waals surface area contributed by atoms with Crippen LogP contribution in [0.15, 0.2) is 12.8 Å². The van der Waals surface area contributed by atoms with Crippen molar-refractivity contribution in [3.63, 3.8) is 0 Å². The van der Waals surface area contributed by atoms with Gasteiger partial charge in [0.25, 0.3) is 0 Å². The molecule has 0 aliphatic heterocycles. The van der Waals surface area contributed by atoms with Crippen molar-refractivity contribution in [3.05, 3.63) is 12.8 Å². The molecule has 5 fully saturated rings. The zero-order valence-electron chi connectivity index (χ0n) is 12.5. The van der Waals surface area contributed by atoms with Crippen LogP contribution >= 0.6 is 0 Å². The normalized spacial score (nSPS) is 57.9. The Morgan fingerprint density at radius 2 is 1.70 bits per heavy atom. The standard InChI is InChI=1S/C19H28O/c1-2-20-7-6-11-8-12-9-15(11)19-17-10-16(18(12)19)13-4-3-5-14(13)17/h2,11-19H,1,3-10H2. The maximum Gasteiger partial charge on any atom is 0.0875 e. The van der Waals surface area contributed by atoms with Gasteiger partial charge < -0.3 is 4.74 Å². The molecular formula is C19H28O. The highest BCUT2D eigenvalue weighted by Crippen LogP contribution is 2.73. The third-order valence-electron chi connectivity index (χ3n) is 8.25. The van der Waals surface area contributed by atoms with Crippen LogP contribution in [0, 0.1) is 53.3 Å². The highest BCUT2D eigenvalue weighted by atomic mass is 16.5. The van der Waals surface area contributed by atoms with Gasteiger partial charge in [-0.1, -0.05) is 13.0 Å². The molecule has 9 atom stereocenters. The first-order valence-corrected chi connectivity index (χ1v) is 9.11. The summed E-state index contributed by atoms with van der Waals surface area (Å²) in [5, 5.41) is 0. The summed E-state index contributed by atoms with van der Waals surface area (Å²) in [6.45, 7) is 4.58. The first-order valence-electron chi connectivity index (χ1n) is 9.11. The van der Waals surface area contributed by atoms with E-state index in [1.54, 1.807) is 38.4 Å². The van der Waals surface area contributed by atoms with Crippen LogP contribution in [0.1, 0.15) is 44.9 Å². The number of hydrogen-bond donors (Lipinski definition) is 0. The fraction of sp³-hybridized carbons (Fsp3) is 0.895. The van der Waals surface area contributed by atoms with Gasteiger partial charge in [-0.05, 0) is 91.8 Å². The highest BCUT2D eigenvalue weighted by molar-refractivity contribution is 5.15. The van der Waals surface area contributed by atoms with Gasteiger partial charge in [-0.2, -0.15) is 0 Å². The van der Waals surface area contributed by atoms with Crippen LogP contribution in [-0.4, -0.2) is 6.61 Å². The van der Waals surface area contributed by atoms with Crippen molar-refractivity contribution in [1.82, 2.24) is 0 Å². The van der Waals surface area contributed by atoms with Gasteiger partial charge in [-0.25, -0.2) is 0 Å². The minimum Gasteiger partial charge on any atom is -0.502 e. The molecule has 20 heavy (non-hydrogen) atoms. The van der Waals surface area contributed by atoms with Crippen LogP contribution in [0.25, 0.3) is 0 Å². The molecule has 1 nitrogen and oxygen atoms in total. The van der Waals surface area contributed by atoms with E-state index in [1.807, 2.05) is 0 Å². The lowest BCUT2D eigenvalue weighted by Crippen LogP contribution is -2.38. The molecule has 0 heterocycles. The molecule has 0 aromatic heterocycles. The maximum atomic E-state index is 5.41. The summed E-state index contributed by atoms with van der Waals surface area (Å²) < 4.78 is 5.41. The van der Waals surface area contributed by atoms with Crippen LogP contribution < -0.4 is 0 Å². The molecule has 5 rings (SSSR count). The lowest BCUT2D eigenvalue weighted by atomic mass is 9.62. The first-order chi connectivity index (χ1) is 9.88.